The molecule has 5 heteroatoms. The van der Waals surface area contributed by atoms with Crippen LogP contribution >= 0.6 is 11.3 Å². The van der Waals surface area contributed by atoms with Gasteiger partial charge in [0.2, 0.25) is 0 Å². The number of methoxy groups -OCH3 is 1. The van der Waals surface area contributed by atoms with Crippen LogP contribution in [0.2, 0.25) is 0 Å². The second-order valence-electron chi connectivity index (χ2n) is 3.72. The van der Waals surface area contributed by atoms with Gasteiger partial charge in [0.25, 0.3) is 0 Å². The highest BCUT2D eigenvalue weighted by Gasteiger charge is 2.27. The first-order valence-electron chi connectivity index (χ1n) is 5.00. The summed E-state index contributed by atoms with van der Waals surface area (Å²) in [6.07, 6.45) is 2.52. The van der Waals surface area contributed by atoms with Crippen molar-refractivity contribution in [3.8, 4) is 0 Å². The maximum atomic E-state index is 11.5. The Labute approximate surface area is 92.7 Å². The molecule has 1 N–H and O–H groups in total. The summed E-state index contributed by atoms with van der Waals surface area (Å²) in [4.78, 5) is 15.7. The molecular formula is C10H14N2O2S. The molecule has 1 saturated carbocycles. The van der Waals surface area contributed by atoms with E-state index in [1.165, 1.54) is 31.3 Å². The van der Waals surface area contributed by atoms with Crippen LogP contribution in [0.1, 0.15) is 24.6 Å². The van der Waals surface area contributed by atoms with E-state index in [9.17, 15) is 4.79 Å². The Hall–Kier alpha value is -0.940. The number of aromatic nitrogens is 1. The number of carbonyl (C=O) groups excluding carboxylic acids is 1. The van der Waals surface area contributed by atoms with Gasteiger partial charge in [0.15, 0.2) is 0 Å². The van der Waals surface area contributed by atoms with Gasteiger partial charge in [0.1, 0.15) is 6.04 Å². The Bertz CT molecular complexity index is 322. The van der Waals surface area contributed by atoms with Gasteiger partial charge in [0.05, 0.1) is 18.3 Å². The van der Waals surface area contributed by atoms with Crippen molar-refractivity contribution in [3.63, 3.8) is 0 Å². The second-order valence-corrected chi connectivity index (χ2v) is 4.44. The maximum absolute atomic E-state index is 11.5. The minimum atomic E-state index is -0.401. The van der Waals surface area contributed by atoms with Crippen molar-refractivity contribution >= 4 is 17.3 Å². The number of hydrogen-bond acceptors (Lipinski definition) is 5. The maximum Gasteiger partial charge on any atom is 0.329 e. The summed E-state index contributed by atoms with van der Waals surface area (Å²) in [5.74, 6) is 0.470. The molecule has 4 nitrogen and oxygen atoms in total. The highest BCUT2D eigenvalue weighted by molar-refractivity contribution is 7.07. The van der Waals surface area contributed by atoms with E-state index in [1.54, 1.807) is 5.51 Å². The van der Waals surface area contributed by atoms with Crippen molar-refractivity contribution in [1.29, 1.82) is 0 Å². The van der Waals surface area contributed by atoms with Gasteiger partial charge in [-0.1, -0.05) is 0 Å². The molecule has 0 aliphatic heterocycles. The molecule has 1 atom stereocenters. The molecular weight excluding hydrogens is 212 g/mol. The first-order valence-corrected chi connectivity index (χ1v) is 5.95. The highest BCUT2D eigenvalue weighted by atomic mass is 32.1. The number of nitrogens with zero attached hydrogens (tertiary/aromatic N) is 1. The van der Waals surface area contributed by atoms with Crippen LogP contribution in [0.25, 0.3) is 0 Å². The summed E-state index contributed by atoms with van der Waals surface area (Å²) in [7, 11) is 1.40. The number of thiazole rings is 1. The van der Waals surface area contributed by atoms with E-state index in [1.807, 2.05) is 5.38 Å². The number of hydrogen-bond donors (Lipinski definition) is 1. The fourth-order valence-corrected chi connectivity index (χ4v) is 1.98. The second kappa shape index (κ2) is 4.72. The average Bonchev–Trinajstić information content (AvgIpc) is 2.92. The molecule has 15 heavy (non-hydrogen) atoms. The van der Waals surface area contributed by atoms with Gasteiger partial charge < -0.3 is 4.74 Å². The van der Waals surface area contributed by atoms with E-state index in [2.05, 4.69) is 10.3 Å². The van der Waals surface area contributed by atoms with Crippen LogP contribution in [0, 0.1) is 5.92 Å². The minimum absolute atomic E-state index is 0.262. The van der Waals surface area contributed by atoms with Gasteiger partial charge in [-0.25, -0.2) is 9.78 Å². The molecule has 1 unspecified atom stereocenters. The molecule has 1 heterocycles. The van der Waals surface area contributed by atoms with Crippen molar-refractivity contribution in [2.45, 2.75) is 18.9 Å². The highest BCUT2D eigenvalue weighted by Crippen LogP contribution is 2.28. The van der Waals surface area contributed by atoms with Gasteiger partial charge in [-0.2, -0.15) is 0 Å². The third-order valence-corrected chi connectivity index (χ3v) is 3.10. The normalized spacial score (nSPS) is 17.4. The van der Waals surface area contributed by atoms with E-state index in [4.69, 9.17) is 4.74 Å². The zero-order valence-electron chi connectivity index (χ0n) is 8.60. The topological polar surface area (TPSA) is 51.2 Å². The van der Waals surface area contributed by atoms with Gasteiger partial charge in [-0.15, -0.1) is 11.3 Å². The molecule has 1 aliphatic rings. The predicted molar refractivity (Wildman–Crippen MR) is 57.6 cm³/mol. The zero-order chi connectivity index (χ0) is 10.7. The van der Waals surface area contributed by atoms with Crippen LogP contribution in [-0.4, -0.2) is 24.6 Å². The molecule has 0 radical (unpaired) electrons. The van der Waals surface area contributed by atoms with Crippen LogP contribution < -0.4 is 5.32 Å². The van der Waals surface area contributed by atoms with Crippen LogP contribution in [0.5, 0.6) is 0 Å². The smallest absolute Gasteiger partial charge is 0.329 e. The fraction of sp³-hybridized carbons (Fsp3) is 0.600. The van der Waals surface area contributed by atoms with Crippen LogP contribution in [0.3, 0.4) is 0 Å². The Morgan fingerprint density at radius 3 is 3.13 bits per heavy atom. The Kier molecular flexibility index (Phi) is 3.33. The standard InChI is InChI=1S/C10H14N2O2S/c1-14-10(13)9(8-5-15-6-12-8)11-4-7-2-3-7/h5-7,9,11H,2-4H2,1H3. The molecule has 0 spiro atoms. The largest absolute Gasteiger partial charge is 0.468 e. The summed E-state index contributed by atoms with van der Waals surface area (Å²) in [5, 5.41) is 5.08. The SMILES string of the molecule is COC(=O)C(NCC1CC1)c1cscn1. The van der Waals surface area contributed by atoms with Gasteiger partial charge in [-0.05, 0) is 25.3 Å². The number of ether oxygens (including phenoxy) is 1. The van der Waals surface area contributed by atoms with E-state index >= 15 is 0 Å². The summed E-state index contributed by atoms with van der Waals surface area (Å²) < 4.78 is 4.75. The molecule has 0 aromatic carbocycles. The third kappa shape index (κ3) is 2.76. The van der Waals surface area contributed by atoms with Gasteiger partial charge in [0, 0.05) is 5.38 Å². The summed E-state index contributed by atoms with van der Waals surface area (Å²) >= 11 is 1.49. The molecule has 0 saturated heterocycles. The number of rotatable bonds is 5. The summed E-state index contributed by atoms with van der Waals surface area (Å²) in [6, 6.07) is -0.401. The lowest BCUT2D eigenvalue weighted by Crippen LogP contribution is -2.31. The summed E-state index contributed by atoms with van der Waals surface area (Å²) in [5.41, 5.74) is 2.48. The van der Waals surface area contributed by atoms with E-state index in [0.717, 1.165) is 18.2 Å². The molecule has 1 aliphatic carbocycles. The quantitative estimate of drug-likeness (QED) is 0.770. The minimum Gasteiger partial charge on any atom is -0.468 e. The molecule has 82 valence electrons. The monoisotopic (exact) mass is 226 g/mol. The van der Waals surface area contributed by atoms with Crippen molar-refractivity contribution in [1.82, 2.24) is 10.3 Å². The first kappa shape index (κ1) is 10.6. The molecule has 0 bridgehead atoms. The Morgan fingerprint density at radius 2 is 2.60 bits per heavy atom. The first-order chi connectivity index (χ1) is 7.31. The Balaban J connectivity index is 1.98. The average molecular weight is 226 g/mol. The molecule has 1 aromatic rings. The van der Waals surface area contributed by atoms with Crippen molar-refractivity contribution in [2.24, 2.45) is 5.92 Å². The van der Waals surface area contributed by atoms with Crippen molar-refractivity contribution in [2.75, 3.05) is 13.7 Å². The van der Waals surface area contributed by atoms with E-state index < -0.39 is 6.04 Å². The van der Waals surface area contributed by atoms with Crippen molar-refractivity contribution in [3.05, 3.63) is 16.6 Å². The van der Waals surface area contributed by atoms with Crippen LogP contribution in [0.4, 0.5) is 0 Å². The van der Waals surface area contributed by atoms with Crippen molar-refractivity contribution < 1.29 is 9.53 Å². The molecule has 1 fully saturated rings. The fourth-order valence-electron chi connectivity index (χ4n) is 1.40. The lowest BCUT2D eigenvalue weighted by Gasteiger charge is -2.13. The lowest BCUT2D eigenvalue weighted by atomic mass is 10.2. The number of esters is 1. The predicted octanol–water partition coefficient (Wildman–Crippen LogP) is 1.36. The van der Waals surface area contributed by atoms with Gasteiger partial charge in [-0.3, -0.25) is 5.32 Å². The zero-order valence-corrected chi connectivity index (χ0v) is 9.42. The van der Waals surface area contributed by atoms with E-state index in [-0.39, 0.29) is 5.97 Å². The summed E-state index contributed by atoms with van der Waals surface area (Å²) in [6.45, 7) is 0.872. The number of nitrogens with one attached hydrogen (secondary N) is 1. The third-order valence-electron chi connectivity index (χ3n) is 2.49. The molecule has 0 amide bonds. The Morgan fingerprint density at radius 1 is 1.80 bits per heavy atom. The van der Waals surface area contributed by atoms with E-state index in [0.29, 0.717) is 0 Å². The number of carbonyl (C=O) groups is 1. The molecule has 2 rings (SSSR count). The molecule has 1 aromatic heterocycles. The lowest BCUT2D eigenvalue weighted by molar-refractivity contribution is -0.143. The van der Waals surface area contributed by atoms with Crippen LogP contribution in [-0.2, 0) is 9.53 Å². The van der Waals surface area contributed by atoms with Crippen LogP contribution in [0.15, 0.2) is 10.9 Å². The van der Waals surface area contributed by atoms with Gasteiger partial charge >= 0.3 is 5.97 Å².